The van der Waals surface area contributed by atoms with Crippen molar-refractivity contribution in [3.8, 4) is 0 Å². The van der Waals surface area contributed by atoms with Crippen LogP contribution >= 0.6 is 0 Å². The van der Waals surface area contributed by atoms with E-state index in [0.29, 0.717) is 30.5 Å². The van der Waals surface area contributed by atoms with Gasteiger partial charge in [-0.15, -0.1) is 0 Å². The van der Waals surface area contributed by atoms with Gasteiger partial charge in [0.1, 0.15) is 19.6 Å². The van der Waals surface area contributed by atoms with Gasteiger partial charge in [0.25, 0.3) is 0 Å². The number of quaternary nitrogens is 1. The van der Waals surface area contributed by atoms with Crippen molar-refractivity contribution in [3.05, 3.63) is 15.3 Å². The van der Waals surface area contributed by atoms with Gasteiger partial charge in [-0.2, -0.15) is 0 Å². The first-order valence-corrected chi connectivity index (χ1v) is 14.1. The molecular formula is C26H55N3O7. The van der Waals surface area contributed by atoms with E-state index in [2.05, 4.69) is 5.32 Å². The molecule has 36 heavy (non-hydrogen) atoms. The number of aliphatic hydroxyl groups excluding tert-OH is 3. The Labute approximate surface area is 218 Å². The highest BCUT2D eigenvalue weighted by atomic mass is 16.9. The van der Waals surface area contributed by atoms with Crippen molar-refractivity contribution in [2.24, 2.45) is 0 Å². The number of nitrogens with one attached hydrogen (secondary N) is 1. The van der Waals surface area contributed by atoms with E-state index in [9.17, 15) is 20.1 Å². The van der Waals surface area contributed by atoms with E-state index in [1.807, 2.05) is 6.92 Å². The second-order valence-electron chi connectivity index (χ2n) is 9.64. The summed E-state index contributed by atoms with van der Waals surface area (Å²) in [7, 11) is 0. The number of hydrogen-bond donors (Lipinski definition) is 4. The van der Waals surface area contributed by atoms with Crippen LogP contribution in [0, 0.1) is 15.3 Å². The van der Waals surface area contributed by atoms with Gasteiger partial charge in [-0.1, -0.05) is 77.0 Å². The minimum atomic E-state index is -1.75. The molecule has 0 spiro atoms. The number of aliphatic hydroxyl groups is 3. The van der Waals surface area contributed by atoms with Gasteiger partial charge < -0.3 is 40.4 Å². The Morgan fingerprint density at radius 3 is 1.25 bits per heavy atom. The topological polar surface area (TPSA) is 156 Å². The second kappa shape index (κ2) is 28.1. The summed E-state index contributed by atoms with van der Waals surface area (Å²) < 4.78 is 0.639. The number of rotatable bonds is 25. The van der Waals surface area contributed by atoms with E-state index in [1.54, 1.807) is 0 Å². The standard InChI is InChI=1S/C26H54N2O4.NO3/c1-2-27-26(32)18-16-14-12-10-8-6-4-3-5-7-9-11-13-15-17-19-28(20-23-29,21-24-30)22-25-31;2-1(3)4/h29-31H,2-25H2,1H3;/q;-1/p+1. The van der Waals surface area contributed by atoms with Gasteiger partial charge in [0.2, 0.25) is 5.91 Å². The first-order valence-electron chi connectivity index (χ1n) is 14.1. The molecule has 0 aromatic rings. The molecule has 0 aliphatic carbocycles. The van der Waals surface area contributed by atoms with Crippen molar-refractivity contribution in [3.63, 3.8) is 0 Å². The lowest BCUT2D eigenvalue weighted by Crippen LogP contribution is -2.53. The molecule has 0 heterocycles. The zero-order valence-corrected chi connectivity index (χ0v) is 22.8. The molecule has 0 aliphatic rings. The van der Waals surface area contributed by atoms with Crippen molar-refractivity contribution in [2.75, 3.05) is 52.5 Å². The van der Waals surface area contributed by atoms with Crippen LogP contribution in [0.1, 0.15) is 110 Å². The Bertz CT molecular complexity index is 475. The smallest absolute Gasteiger partial charge is 0.219 e. The summed E-state index contributed by atoms with van der Waals surface area (Å²) >= 11 is 0. The van der Waals surface area contributed by atoms with Gasteiger partial charge in [0, 0.05) is 13.0 Å². The summed E-state index contributed by atoms with van der Waals surface area (Å²) in [6.07, 6.45) is 19.8. The van der Waals surface area contributed by atoms with Gasteiger partial charge in [-0.25, -0.2) is 0 Å². The third-order valence-electron chi connectivity index (χ3n) is 6.63. The van der Waals surface area contributed by atoms with E-state index < -0.39 is 5.09 Å². The van der Waals surface area contributed by atoms with Crippen molar-refractivity contribution >= 4 is 5.91 Å². The van der Waals surface area contributed by atoms with Crippen LogP contribution in [0.15, 0.2) is 0 Å². The normalized spacial score (nSPS) is 11.1. The Hall–Kier alpha value is -1.49. The molecule has 10 nitrogen and oxygen atoms in total. The summed E-state index contributed by atoms with van der Waals surface area (Å²) in [5.74, 6) is 0.197. The van der Waals surface area contributed by atoms with E-state index in [4.69, 9.17) is 15.3 Å². The van der Waals surface area contributed by atoms with E-state index >= 15 is 0 Å². The lowest BCUT2D eigenvalue weighted by Gasteiger charge is -2.37. The van der Waals surface area contributed by atoms with Gasteiger partial charge in [0.15, 0.2) is 0 Å². The van der Waals surface area contributed by atoms with E-state index in [-0.39, 0.29) is 25.7 Å². The minimum absolute atomic E-state index is 0.110. The first-order chi connectivity index (χ1) is 17.4. The highest BCUT2D eigenvalue weighted by molar-refractivity contribution is 5.75. The van der Waals surface area contributed by atoms with Crippen LogP contribution in [0.25, 0.3) is 0 Å². The molecule has 0 atom stereocenters. The number of unbranched alkanes of at least 4 members (excludes halogenated alkanes) is 14. The lowest BCUT2D eigenvalue weighted by molar-refractivity contribution is -0.929. The van der Waals surface area contributed by atoms with Crippen LogP contribution in [0.2, 0.25) is 0 Å². The summed E-state index contributed by atoms with van der Waals surface area (Å²) in [6.45, 7) is 5.85. The molecule has 0 aliphatic heterocycles. The number of carbonyl (C=O) groups is 1. The van der Waals surface area contributed by atoms with Crippen LogP contribution in [0.4, 0.5) is 0 Å². The predicted molar refractivity (Wildman–Crippen MR) is 144 cm³/mol. The monoisotopic (exact) mass is 521 g/mol. The fourth-order valence-corrected chi connectivity index (χ4v) is 4.62. The van der Waals surface area contributed by atoms with Crippen LogP contribution in [-0.4, -0.2) is 83.3 Å². The summed E-state index contributed by atoms with van der Waals surface area (Å²) in [5.41, 5.74) is 0. The molecule has 0 rings (SSSR count). The lowest BCUT2D eigenvalue weighted by atomic mass is 10.0. The SMILES string of the molecule is CCNC(=O)CCCCCCCCCCCCCCCCC[N+](CCO)(CCO)CCO.O=[N+]([O-])[O-]. The van der Waals surface area contributed by atoms with E-state index in [0.717, 1.165) is 25.9 Å². The fourth-order valence-electron chi connectivity index (χ4n) is 4.62. The summed E-state index contributed by atoms with van der Waals surface area (Å²) in [6, 6.07) is 0. The van der Waals surface area contributed by atoms with Gasteiger partial charge in [-0.05, 0) is 26.2 Å². The molecule has 216 valence electrons. The van der Waals surface area contributed by atoms with Crippen molar-refractivity contribution < 1.29 is 29.7 Å². The molecule has 0 saturated heterocycles. The molecular weight excluding hydrogens is 466 g/mol. The number of amides is 1. The molecule has 0 aromatic carbocycles. The van der Waals surface area contributed by atoms with Crippen molar-refractivity contribution in [2.45, 2.75) is 110 Å². The molecule has 0 bridgehead atoms. The maximum absolute atomic E-state index is 11.4. The Morgan fingerprint density at radius 2 is 0.944 bits per heavy atom. The maximum atomic E-state index is 11.4. The zero-order chi connectivity index (χ0) is 27.3. The average Bonchev–Trinajstić information content (AvgIpc) is 2.81. The van der Waals surface area contributed by atoms with E-state index in [1.165, 1.54) is 83.5 Å². The largest absolute Gasteiger partial charge is 0.391 e. The Morgan fingerprint density at radius 1 is 0.639 bits per heavy atom. The quantitative estimate of drug-likeness (QED) is 0.0614. The van der Waals surface area contributed by atoms with Gasteiger partial charge in [0.05, 0.1) is 31.5 Å². The van der Waals surface area contributed by atoms with Gasteiger partial charge >= 0.3 is 0 Å². The maximum Gasteiger partial charge on any atom is 0.219 e. The van der Waals surface area contributed by atoms with Crippen LogP contribution in [-0.2, 0) is 4.79 Å². The Balaban J connectivity index is 0. The number of carbonyl (C=O) groups excluding carboxylic acids is 1. The molecule has 4 N–H and O–H groups in total. The number of hydrogen-bond acceptors (Lipinski definition) is 7. The van der Waals surface area contributed by atoms with Crippen LogP contribution in [0.5, 0.6) is 0 Å². The zero-order valence-electron chi connectivity index (χ0n) is 22.8. The third-order valence-corrected chi connectivity index (χ3v) is 6.63. The minimum Gasteiger partial charge on any atom is -0.391 e. The Kier molecular flexibility index (Phi) is 28.6. The second-order valence-corrected chi connectivity index (χ2v) is 9.64. The highest BCUT2D eigenvalue weighted by Crippen LogP contribution is 2.15. The molecule has 0 fully saturated rings. The third kappa shape index (κ3) is 27.1. The molecule has 10 heteroatoms. The van der Waals surface area contributed by atoms with Gasteiger partial charge in [-0.3, -0.25) is 4.79 Å². The highest BCUT2D eigenvalue weighted by Gasteiger charge is 2.25. The molecule has 0 unspecified atom stereocenters. The molecule has 0 radical (unpaired) electrons. The molecule has 0 saturated carbocycles. The van der Waals surface area contributed by atoms with Crippen LogP contribution in [0.3, 0.4) is 0 Å². The summed E-state index contributed by atoms with van der Waals surface area (Å²) in [4.78, 5) is 19.6. The first kappa shape index (κ1) is 36.7. The predicted octanol–water partition coefficient (Wildman–Crippen LogP) is 3.92. The fraction of sp³-hybridized carbons (Fsp3) is 0.962. The van der Waals surface area contributed by atoms with Crippen LogP contribution < -0.4 is 5.32 Å². The average molecular weight is 522 g/mol. The van der Waals surface area contributed by atoms with Crippen molar-refractivity contribution in [1.82, 2.24) is 5.32 Å². The summed E-state index contributed by atoms with van der Waals surface area (Å²) in [5, 5.41) is 45.6. The molecule has 1 amide bonds. The molecule has 0 aromatic heterocycles. The van der Waals surface area contributed by atoms with Crippen molar-refractivity contribution in [1.29, 1.82) is 0 Å². The number of nitrogens with zero attached hydrogens (tertiary/aromatic N) is 2.